The summed E-state index contributed by atoms with van der Waals surface area (Å²) in [4.78, 5) is 0. The van der Waals surface area contributed by atoms with E-state index in [1.807, 2.05) is 23.9 Å². The average Bonchev–Trinajstić information content (AvgIpc) is 3.05. The van der Waals surface area contributed by atoms with Gasteiger partial charge in [-0.2, -0.15) is 5.10 Å². The number of hydrogen-bond donors (Lipinski definition) is 1. The Hall–Kier alpha value is -1.53. The summed E-state index contributed by atoms with van der Waals surface area (Å²) in [5.41, 5.74) is 3.43. The number of aromatic nitrogens is 2. The van der Waals surface area contributed by atoms with Crippen LogP contribution in [0.2, 0.25) is 0 Å². The Balaban J connectivity index is 1.63. The van der Waals surface area contributed by atoms with Crippen molar-refractivity contribution in [2.24, 2.45) is 7.05 Å². The van der Waals surface area contributed by atoms with E-state index in [0.29, 0.717) is 6.79 Å². The highest BCUT2D eigenvalue weighted by molar-refractivity contribution is 9.10. The molecule has 5 nitrogen and oxygen atoms in total. The number of nitrogens with zero attached hydrogens (tertiary/aromatic N) is 2. The molecular weight excluding hydrogens is 334 g/mol. The van der Waals surface area contributed by atoms with Crippen LogP contribution in [-0.4, -0.2) is 16.6 Å². The third-order valence-corrected chi connectivity index (χ3v) is 4.48. The van der Waals surface area contributed by atoms with Gasteiger partial charge in [0.2, 0.25) is 6.79 Å². The maximum Gasteiger partial charge on any atom is 0.231 e. The Kier molecular flexibility index (Phi) is 4.17. The smallest absolute Gasteiger partial charge is 0.231 e. The summed E-state index contributed by atoms with van der Waals surface area (Å²) in [5, 5.41) is 7.94. The largest absolute Gasteiger partial charge is 0.454 e. The second-order valence-corrected chi connectivity index (χ2v) is 5.77. The Morgan fingerprint density at radius 3 is 2.86 bits per heavy atom. The zero-order valence-electron chi connectivity index (χ0n) is 12.1. The van der Waals surface area contributed by atoms with Crippen molar-refractivity contribution in [2.75, 3.05) is 6.79 Å². The molecule has 0 spiro atoms. The van der Waals surface area contributed by atoms with E-state index in [9.17, 15) is 0 Å². The van der Waals surface area contributed by atoms with Gasteiger partial charge in [-0.1, -0.05) is 13.0 Å². The minimum atomic E-state index is 0.313. The van der Waals surface area contributed by atoms with Crippen molar-refractivity contribution in [1.82, 2.24) is 15.1 Å². The number of nitrogens with one attached hydrogen (secondary N) is 1. The third kappa shape index (κ3) is 2.91. The van der Waals surface area contributed by atoms with Gasteiger partial charge < -0.3 is 14.8 Å². The fourth-order valence-corrected chi connectivity index (χ4v) is 3.14. The number of aryl methyl sites for hydroxylation is 2. The molecule has 0 radical (unpaired) electrons. The number of fused-ring (bicyclic) bond motifs is 1. The van der Waals surface area contributed by atoms with Crippen LogP contribution in [0.5, 0.6) is 11.5 Å². The molecule has 112 valence electrons. The molecule has 1 aromatic carbocycles. The fourth-order valence-electron chi connectivity index (χ4n) is 2.39. The zero-order valence-corrected chi connectivity index (χ0v) is 13.7. The van der Waals surface area contributed by atoms with Crippen molar-refractivity contribution < 1.29 is 9.47 Å². The molecule has 1 aromatic heterocycles. The lowest BCUT2D eigenvalue weighted by Gasteiger charge is -2.07. The molecule has 0 fully saturated rings. The first-order valence-corrected chi connectivity index (χ1v) is 7.77. The SMILES string of the molecule is CCc1nn(C)c(CNCc2ccc3c(c2)OCO3)c1Br. The van der Waals surface area contributed by atoms with E-state index in [1.54, 1.807) is 0 Å². The van der Waals surface area contributed by atoms with Gasteiger partial charge >= 0.3 is 0 Å². The number of rotatable bonds is 5. The van der Waals surface area contributed by atoms with Gasteiger partial charge in [0.25, 0.3) is 0 Å². The molecule has 0 saturated carbocycles. The van der Waals surface area contributed by atoms with Crippen LogP contribution in [0.1, 0.15) is 23.9 Å². The summed E-state index contributed by atoms with van der Waals surface area (Å²) in [6.07, 6.45) is 0.927. The molecule has 3 rings (SSSR count). The highest BCUT2D eigenvalue weighted by Gasteiger charge is 2.14. The van der Waals surface area contributed by atoms with Gasteiger partial charge in [-0.15, -0.1) is 0 Å². The molecule has 0 saturated heterocycles. The van der Waals surface area contributed by atoms with Crippen LogP contribution in [0.25, 0.3) is 0 Å². The first-order valence-electron chi connectivity index (χ1n) is 6.98. The zero-order chi connectivity index (χ0) is 14.8. The van der Waals surface area contributed by atoms with E-state index in [-0.39, 0.29) is 0 Å². The van der Waals surface area contributed by atoms with Gasteiger partial charge in [0.1, 0.15) is 0 Å². The monoisotopic (exact) mass is 351 g/mol. The summed E-state index contributed by atoms with van der Waals surface area (Å²) in [6, 6.07) is 6.02. The van der Waals surface area contributed by atoms with Crippen LogP contribution in [-0.2, 0) is 26.6 Å². The summed E-state index contributed by atoms with van der Waals surface area (Å²) in [6.45, 7) is 3.96. The van der Waals surface area contributed by atoms with Crippen LogP contribution in [0.4, 0.5) is 0 Å². The lowest BCUT2D eigenvalue weighted by atomic mass is 10.2. The molecule has 2 aromatic rings. The first-order chi connectivity index (χ1) is 10.2. The molecule has 0 atom stereocenters. The molecule has 1 aliphatic heterocycles. The summed E-state index contributed by atoms with van der Waals surface area (Å²) in [7, 11) is 1.97. The Morgan fingerprint density at radius 2 is 2.10 bits per heavy atom. The van der Waals surface area contributed by atoms with E-state index in [1.165, 1.54) is 5.56 Å². The Bertz CT molecular complexity index is 655. The molecule has 0 bridgehead atoms. The van der Waals surface area contributed by atoms with Gasteiger partial charge in [-0.05, 0) is 40.0 Å². The molecule has 0 aliphatic carbocycles. The normalized spacial score (nSPS) is 12.9. The standard InChI is InChI=1S/C15H18BrN3O2/c1-3-11-15(16)12(19(2)18-11)8-17-7-10-4-5-13-14(6-10)21-9-20-13/h4-6,17H,3,7-9H2,1-2H3. The summed E-state index contributed by atoms with van der Waals surface area (Å²) >= 11 is 3.63. The molecule has 21 heavy (non-hydrogen) atoms. The molecule has 2 heterocycles. The maximum atomic E-state index is 5.39. The quantitative estimate of drug-likeness (QED) is 0.899. The van der Waals surface area contributed by atoms with Crippen molar-refractivity contribution in [3.8, 4) is 11.5 Å². The van der Waals surface area contributed by atoms with Gasteiger partial charge in [-0.3, -0.25) is 4.68 Å². The lowest BCUT2D eigenvalue weighted by molar-refractivity contribution is 0.174. The van der Waals surface area contributed by atoms with Crippen LogP contribution in [0, 0.1) is 0 Å². The molecule has 1 N–H and O–H groups in total. The second kappa shape index (κ2) is 6.07. The van der Waals surface area contributed by atoms with Gasteiger partial charge in [0.15, 0.2) is 11.5 Å². The third-order valence-electron chi connectivity index (χ3n) is 3.56. The molecule has 0 unspecified atom stereocenters. The second-order valence-electron chi connectivity index (χ2n) is 4.98. The van der Waals surface area contributed by atoms with E-state index in [4.69, 9.17) is 9.47 Å². The van der Waals surface area contributed by atoms with Crippen molar-refractivity contribution in [3.63, 3.8) is 0 Å². The maximum absolute atomic E-state index is 5.39. The van der Waals surface area contributed by atoms with E-state index in [0.717, 1.165) is 46.9 Å². The minimum Gasteiger partial charge on any atom is -0.454 e. The Morgan fingerprint density at radius 1 is 1.29 bits per heavy atom. The van der Waals surface area contributed by atoms with Crippen molar-refractivity contribution in [2.45, 2.75) is 26.4 Å². The summed E-state index contributed by atoms with van der Waals surface area (Å²) in [5.74, 6) is 1.64. The van der Waals surface area contributed by atoms with Gasteiger partial charge in [0, 0.05) is 20.1 Å². The van der Waals surface area contributed by atoms with E-state index in [2.05, 4.69) is 39.3 Å². The van der Waals surface area contributed by atoms with Crippen molar-refractivity contribution in [3.05, 3.63) is 39.6 Å². The molecule has 6 heteroatoms. The predicted molar refractivity (Wildman–Crippen MR) is 83.4 cm³/mol. The fraction of sp³-hybridized carbons (Fsp3) is 0.400. The Labute approximate surface area is 132 Å². The van der Waals surface area contributed by atoms with Crippen LogP contribution < -0.4 is 14.8 Å². The number of ether oxygens (including phenoxy) is 2. The van der Waals surface area contributed by atoms with Crippen molar-refractivity contribution in [1.29, 1.82) is 0 Å². The van der Waals surface area contributed by atoms with Crippen LogP contribution in [0.3, 0.4) is 0 Å². The van der Waals surface area contributed by atoms with Crippen LogP contribution in [0.15, 0.2) is 22.7 Å². The van der Waals surface area contributed by atoms with Gasteiger partial charge in [0.05, 0.1) is 15.9 Å². The highest BCUT2D eigenvalue weighted by Crippen LogP contribution is 2.32. The number of benzene rings is 1. The van der Waals surface area contributed by atoms with E-state index < -0.39 is 0 Å². The topological polar surface area (TPSA) is 48.3 Å². The molecule has 0 amide bonds. The van der Waals surface area contributed by atoms with Gasteiger partial charge in [-0.25, -0.2) is 0 Å². The molecule has 1 aliphatic rings. The highest BCUT2D eigenvalue weighted by atomic mass is 79.9. The van der Waals surface area contributed by atoms with E-state index >= 15 is 0 Å². The average molecular weight is 352 g/mol. The van der Waals surface area contributed by atoms with Crippen molar-refractivity contribution >= 4 is 15.9 Å². The van der Waals surface area contributed by atoms with Crippen LogP contribution >= 0.6 is 15.9 Å². The molecular formula is C15H18BrN3O2. The lowest BCUT2D eigenvalue weighted by Crippen LogP contribution is -2.15. The first kappa shape index (κ1) is 14.4. The summed E-state index contributed by atoms with van der Waals surface area (Å²) < 4.78 is 13.7. The number of hydrogen-bond acceptors (Lipinski definition) is 4. The predicted octanol–water partition coefficient (Wildman–Crippen LogP) is 2.76. The number of halogens is 1. The minimum absolute atomic E-state index is 0.313.